The first-order chi connectivity index (χ1) is 7.99. The summed E-state index contributed by atoms with van der Waals surface area (Å²) in [6.07, 6.45) is 3.27. The molecule has 2 rings (SSSR count). The Kier molecular flexibility index (Phi) is 2.77. The van der Waals surface area contributed by atoms with Gasteiger partial charge >= 0.3 is 5.97 Å². The fourth-order valence-corrected chi connectivity index (χ4v) is 2.79. The number of rotatable bonds is 2. The van der Waals surface area contributed by atoms with E-state index in [1.165, 1.54) is 4.90 Å². The van der Waals surface area contributed by atoms with Crippen LogP contribution in [0.4, 0.5) is 0 Å². The highest BCUT2D eigenvalue weighted by Crippen LogP contribution is 2.41. The molecule has 0 spiro atoms. The third-order valence-electron chi connectivity index (χ3n) is 3.67. The average Bonchev–Trinajstić information content (AvgIpc) is 2.52. The molecule has 0 radical (unpaired) electrons. The molecule has 0 bridgehead atoms. The first-order valence-electron chi connectivity index (χ1n) is 5.75. The number of amides is 2. The molecule has 1 saturated heterocycles. The van der Waals surface area contributed by atoms with Crippen molar-refractivity contribution in [3.8, 4) is 0 Å². The first-order valence-corrected chi connectivity index (χ1v) is 5.75. The fraction of sp³-hybridized carbons (Fsp3) is 0.583. The van der Waals surface area contributed by atoms with Crippen LogP contribution < -0.4 is 0 Å². The van der Waals surface area contributed by atoms with E-state index in [9.17, 15) is 14.4 Å². The smallest absolute Gasteiger partial charge is 0.311 e. The highest BCUT2D eigenvalue weighted by atomic mass is 16.4. The third-order valence-corrected chi connectivity index (χ3v) is 3.67. The van der Waals surface area contributed by atoms with Crippen LogP contribution in [0.15, 0.2) is 12.2 Å². The molecule has 1 fully saturated rings. The van der Waals surface area contributed by atoms with Crippen molar-refractivity contribution in [2.45, 2.75) is 13.8 Å². The number of allylic oxidation sites excluding steroid dienone is 1. The van der Waals surface area contributed by atoms with Gasteiger partial charge in [0, 0.05) is 6.54 Å². The lowest BCUT2D eigenvalue weighted by molar-refractivity contribution is -0.147. The summed E-state index contributed by atoms with van der Waals surface area (Å²) in [5.74, 6) is -3.79. The molecule has 17 heavy (non-hydrogen) atoms. The van der Waals surface area contributed by atoms with Crippen LogP contribution in [0, 0.1) is 23.7 Å². The van der Waals surface area contributed by atoms with E-state index in [1.54, 1.807) is 19.1 Å². The molecule has 1 N–H and O–H groups in total. The van der Waals surface area contributed by atoms with Crippen molar-refractivity contribution in [2.24, 2.45) is 23.7 Å². The number of likely N-dealkylation sites (tertiary alicyclic amines) is 1. The summed E-state index contributed by atoms with van der Waals surface area (Å²) in [4.78, 5) is 36.4. The molecule has 2 amide bonds. The number of carboxylic acids is 1. The van der Waals surface area contributed by atoms with Gasteiger partial charge in [-0.05, 0) is 12.8 Å². The van der Waals surface area contributed by atoms with Gasteiger partial charge in [0.1, 0.15) is 0 Å². The zero-order chi connectivity index (χ0) is 12.7. The van der Waals surface area contributed by atoms with Gasteiger partial charge in [-0.15, -0.1) is 0 Å². The van der Waals surface area contributed by atoms with Gasteiger partial charge in [-0.1, -0.05) is 19.1 Å². The van der Waals surface area contributed by atoms with Gasteiger partial charge in [-0.3, -0.25) is 19.3 Å². The Balaban J connectivity index is 2.43. The molecule has 4 unspecified atom stereocenters. The van der Waals surface area contributed by atoms with E-state index < -0.39 is 23.7 Å². The van der Waals surface area contributed by atoms with Gasteiger partial charge in [0.05, 0.1) is 17.8 Å². The van der Waals surface area contributed by atoms with Crippen LogP contribution in [0.5, 0.6) is 0 Å². The van der Waals surface area contributed by atoms with Crippen LogP contribution in [-0.4, -0.2) is 34.3 Å². The first kappa shape index (κ1) is 11.8. The second kappa shape index (κ2) is 3.98. The van der Waals surface area contributed by atoms with Crippen LogP contribution in [-0.2, 0) is 14.4 Å². The normalized spacial score (nSPS) is 36.2. The molecule has 1 aliphatic carbocycles. The molecular weight excluding hydrogens is 222 g/mol. The Hall–Kier alpha value is -1.65. The SMILES string of the molecule is CCN1C(=O)C2C(C)C=CC(C(=O)O)C2C1=O. The van der Waals surface area contributed by atoms with Crippen molar-refractivity contribution >= 4 is 17.8 Å². The monoisotopic (exact) mass is 237 g/mol. The van der Waals surface area contributed by atoms with Gasteiger partial charge in [0.15, 0.2) is 0 Å². The summed E-state index contributed by atoms with van der Waals surface area (Å²) < 4.78 is 0. The van der Waals surface area contributed by atoms with Crippen molar-refractivity contribution < 1.29 is 19.5 Å². The molecular formula is C12H15NO4. The van der Waals surface area contributed by atoms with Crippen LogP contribution in [0.3, 0.4) is 0 Å². The van der Waals surface area contributed by atoms with E-state index >= 15 is 0 Å². The molecule has 5 nitrogen and oxygen atoms in total. The average molecular weight is 237 g/mol. The summed E-state index contributed by atoms with van der Waals surface area (Å²) in [5.41, 5.74) is 0. The van der Waals surface area contributed by atoms with Crippen molar-refractivity contribution in [2.75, 3.05) is 6.54 Å². The minimum absolute atomic E-state index is 0.0800. The summed E-state index contributed by atoms with van der Waals surface area (Å²) in [6, 6.07) is 0. The van der Waals surface area contributed by atoms with Crippen LogP contribution in [0.25, 0.3) is 0 Å². The van der Waals surface area contributed by atoms with E-state index in [1.807, 2.05) is 6.92 Å². The maximum Gasteiger partial charge on any atom is 0.311 e. The molecule has 1 heterocycles. The van der Waals surface area contributed by atoms with Crippen LogP contribution >= 0.6 is 0 Å². The molecule has 92 valence electrons. The van der Waals surface area contributed by atoms with Crippen LogP contribution in [0.1, 0.15) is 13.8 Å². The topological polar surface area (TPSA) is 74.7 Å². The number of carbonyl (C=O) groups excluding carboxylic acids is 2. The number of carbonyl (C=O) groups is 3. The second-order valence-corrected chi connectivity index (χ2v) is 4.58. The van der Waals surface area contributed by atoms with Gasteiger partial charge in [0.25, 0.3) is 0 Å². The number of imide groups is 1. The molecule has 0 aromatic carbocycles. The number of aliphatic carboxylic acids is 1. The summed E-state index contributed by atoms with van der Waals surface area (Å²) in [6.45, 7) is 3.88. The Bertz CT molecular complexity index is 415. The predicted molar refractivity (Wildman–Crippen MR) is 58.8 cm³/mol. The fourth-order valence-electron chi connectivity index (χ4n) is 2.79. The van der Waals surface area contributed by atoms with E-state index in [0.29, 0.717) is 6.54 Å². The number of fused-ring (bicyclic) bond motifs is 1. The maximum atomic E-state index is 12.0. The quantitative estimate of drug-likeness (QED) is 0.561. The molecule has 2 aliphatic rings. The second-order valence-electron chi connectivity index (χ2n) is 4.58. The molecule has 5 heteroatoms. The largest absolute Gasteiger partial charge is 0.481 e. The zero-order valence-corrected chi connectivity index (χ0v) is 9.79. The summed E-state index contributed by atoms with van der Waals surface area (Å²) in [5, 5.41) is 9.10. The van der Waals surface area contributed by atoms with Gasteiger partial charge < -0.3 is 5.11 Å². The highest BCUT2D eigenvalue weighted by Gasteiger charge is 2.54. The predicted octanol–water partition coefficient (Wildman–Crippen LogP) is 0.514. The van der Waals surface area contributed by atoms with Crippen molar-refractivity contribution in [3.63, 3.8) is 0 Å². The standard InChI is InChI=1S/C12H15NO4/c1-3-13-10(14)8-6(2)4-5-7(12(16)17)9(8)11(13)15/h4-9H,3H2,1-2H3,(H,16,17). The lowest BCUT2D eigenvalue weighted by Gasteiger charge is -2.27. The van der Waals surface area contributed by atoms with Gasteiger partial charge in [-0.2, -0.15) is 0 Å². The van der Waals surface area contributed by atoms with Crippen molar-refractivity contribution in [1.29, 1.82) is 0 Å². The molecule has 1 aliphatic heterocycles. The van der Waals surface area contributed by atoms with E-state index in [4.69, 9.17) is 5.11 Å². The lowest BCUT2D eigenvalue weighted by atomic mass is 9.72. The number of hydrogen-bond donors (Lipinski definition) is 1. The van der Waals surface area contributed by atoms with Crippen molar-refractivity contribution in [3.05, 3.63) is 12.2 Å². The Morgan fingerprint density at radius 1 is 1.29 bits per heavy atom. The van der Waals surface area contributed by atoms with Crippen molar-refractivity contribution in [1.82, 2.24) is 4.90 Å². The summed E-state index contributed by atoms with van der Waals surface area (Å²) in [7, 11) is 0. The van der Waals surface area contributed by atoms with E-state index in [-0.39, 0.29) is 17.7 Å². The number of nitrogens with zero attached hydrogens (tertiary/aromatic N) is 1. The molecule has 0 aromatic heterocycles. The van der Waals surface area contributed by atoms with Gasteiger partial charge in [-0.25, -0.2) is 0 Å². The Morgan fingerprint density at radius 2 is 1.88 bits per heavy atom. The zero-order valence-electron chi connectivity index (χ0n) is 9.79. The Labute approximate surface area is 99.1 Å². The van der Waals surface area contributed by atoms with E-state index in [0.717, 1.165) is 0 Å². The lowest BCUT2D eigenvalue weighted by Crippen LogP contribution is -2.36. The molecule has 0 aromatic rings. The van der Waals surface area contributed by atoms with E-state index in [2.05, 4.69) is 0 Å². The molecule has 4 atom stereocenters. The minimum Gasteiger partial charge on any atom is -0.481 e. The highest BCUT2D eigenvalue weighted by molar-refractivity contribution is 6.07. The number of carboxylic acid groups (broad SMARTS) is 1. The van der Waals surface area contributed by atoms with Gasteiger partial charge in [0.2, 0.25) is 11.8 Å². The Morgan fingerprint density at radius 3 is 2.41 bits per heavy atom. The maximum absolute atomic E-state index is 12.0. The van der Waals surface area contributed by atoms with Crippen LogP contribution in [0.2, 0.25) is 0 Å². The summed E-state index contributed by atoms with van der Waals surface area (Å²) >= 11 is 0. The molecule has 0 saturated carbocycles. The number of hydrogen-bond acceptors (Lipinski definition) is 3. The third kappa shape index (κ3) is 1.57. The minimum atomic E-state index is -1.04.